The van der Waals surface area contributed by atoms with E-state index in [1.807, 2.05) is 4.90 Å². The zero-order valence-corrected chi connectivity index (χ0v) is 13.3. The number of carbonyl (C=O) groups excluding carboxylic acids is 1. The van der Waals surface area contributed by atoms with Crippen molar-refractivity contribution in [2.45, 2.75) is 0 Å². The second-order valence-corrected chi connectivity index (χ2v) is 5.69. The topological polar surface area (TPSA) is 76.4 Å². The molecule has 110 valence electrons. The molecule has 1 aliphatic rings. The molecule has 0 aliphatic carbocycles. The van der Waals surface area contributed by atoms with Gasteiger partial charge in [-0.2, -0.15) is 0 Å². The third-order valence-electron chi connectivity index (χ3n) is 3.07. The molecule has 0 atom stereocenters. The van der Waals surface area contributed by atoms with Gasteiger partial charge in [-0.1, -0.05) is 4.85 Å². The molecule has 0 bridgehead atoms. The average molecular weight is 400 g/mol. The van der Waals surface area contributed by atoms with Crippen LogP contribution in [0.4, 0.5) is 10.7 Å². The number of hydrogen-bond acceptors (Lipinski definition) is 6. The van der Waals surface area contributed by atoms with Crippen molar-refractivity contribution in [1.29, 1.82) is 0 Å². The molecule has 1 fully saturated rings. The van der Waals surface area contributed by atoms with Crippen molar-refractivity contribution in [2.75, 3.05) is 31.1 Å². The summed E-state index contributed by atoms with van der Waals surface area (Å²) in [4.78, 5) is 30.4. The van der Waals surface area contributed by atoms with Crippen LogP contribution in [0.15, 0.2) is 30.9 Å². The first kappa shape index (κ1) is 14.0. The smallest absolute Gasteiger partial charge is 0.337 e. The number of anilines is 1. The third-order valence-corrected chi connectivity index (χ3v) is 3.63. The minimum atomic E-state index is -0.400. The lowest BCUT2D eigenvalue weighted by molar-refractivity contribution is 0.0768. The molecular formula is C12H13IN6O2. The van der Waals surface area contributed by atoms with Crippen LogP contribution in [0.1, 0.15) is 0 Å². The van der Waals surface area contributed by atoms with Crippen LogP contribution in [-0.2, 0) is 0 Å². The van der Waals surface area contributed by atoms with E-state index in [0.717, 1.165) is 3.57 Å². The minimum absolute atomic E-state index is 0.400. The minimum Gasteiger partial charge on any atom is -0.337 e. The highest BCUT2D eigenvalue weighted by atomic mass is 127. The van der Waals surface area contributed by atoms with Crippen LogP contribution < -0.4 is 9.74 Å². The molecule has 1 amide bonds. The number of carbonyl (C=O) groups is 1. The predicted octanol–water partition coefficient (Wildman–Crippen LogP) is 0.648. The molecule has 0 radical (unpaired) electrons. The van der Waals surface area contributed by atoms with Gasteiger partial charge in [-0.05, 0) is 28.7 Å². The van der Waals surface area contributed by atoms with E-state index in [2.05, 4.69) is 37.7 Å². The molecular weight excluding hydrogens is 387 g/mol. The number of amides is 1. The van der Waals surface area contributed by atoms with E-state index >= 15 is 0 Å². The molecule has 1 aliphatic heterocycles. The van der Waals surface area contributed by atoms with E-state index in [-0.39, 0.29) is 0 Å². The van der Waals surface area contributed by atoms with Gasteiger partial charge in [-0.15, -0.1) is 5.10 Å². The van der Waals surface area contributed by atoms with Crippen LogP contribution in [0.5, 0.6) is 0 Å². The molecule has 2 aromatic heterocycles. The first-order valence-corrected chi connectivity index (χ1v) is 7.49. The quantitative estimate of drug-likeness (QED) is 0.690. The zero-order valence-electron chi connectivity index (χ0n) is 11.1. The van der Waals surface area contributed by atoms with Crippen molar-refractivity contribution in [2.24, 2.45) is 0 Å². The summed E-state index contributed by atoms with van der Waals surface area (Å²) < 4.78 is 0.909. The Bertz CT molecular complexity index is 611. The number of aromatic nitrogens is 4. The van der Waals surface area contributed by atoms with Gasteiger partial charge in [-0.3, -0.25) is 4.84 Å². The lowest BCUT2D eigenvalue weighted by atomic mass is 10.3. The Morgan fingerprint density at radius 2 is 1.90 bits per heavy atom. The Balaban J connectivity index is 1.54. The number of piperazine rings is 1. The van der Waals surface area contributed by atoms with Gasteiger partial charge in [0.25, 0.3) is 0 Å². The van der Waals surface area contributed by atoms with Gasteiger partial charge in [0, 0.05) is 38.6 Å². The number of hydrogen-bond donors (Lipinski definition) is 0. The summed E-state index contributed by atoms with van der Waals surface area (Å²) in [6.45, 7) is 2.48. The van der Waals surface area contributed by atoms with Gasteiger partial charge < -0.3 is 9.80 Å². The van der Waals surface area contributed by atoms with E-state index in [4.69, 9.17) is 4.84 Å². The van der Waals surface area contributed by atoms with E-state index < -0.39 is 6.09 Å². The van der Waals surface area contributed by atoms with Gasteiger partial charge in [0.2, 0.25) is 5.95 Å². The highest BCUT2D eigenvalue weighted by Gasteiger charge is 2.24. The lowest BCUT2D eigenvalue weighted by Gasteiger charge is -2.33. The summed E-state index contributed by atoms with van der Waals surface area (Å²) in [5.74, 6) is 0.687. The fraction of sp³-hybridized carbons (Fsp3) is 0.333. The van der Waals surface area contributed by atoms with Gasteiger partial charge in [0.05, 0.1) is 16.0 Å². The molecule has 3 heterocycles. The molecule has 1 saturated heterocycles. The van der Waals surface area contributed by atoms with Crippen LogP contribution >= 0.6 is 22.6 Å². The van der Waals surface area contributed by atoms with Crippen LogP contribution in [0.2, 0.25) is 0 Å². The first-order chi connectivity index (χ1) is 10.2. The normalized spacial score (nSPS) is 15.1. The van der Waals surface area contributed by atoms with Gasteiger partial charge in [-0.25, -0.2) is 14.8 Å². The second kappa shape index (κ2) is 6.24. The molecule has 0 aromatic carbocycles. The summed E-state index contributed by atoms with van der Waals surface area (Å²) in [5, 5.41) is 3.92. The van der Waals surface area contributed by atoms with Crippen molar-refractivity contribution in [3.8, 4) is 0 Å². The Morgan fingerprint density at radius 1 is 1.19 bits per heavy atom. The largest absolute Gasteiger partial charge is 0.436 e. The van der Waals surface area contributed by atoms with Gasteiger partial charge in [0.15, 0.2) is 0 Å². The summed E-state index contributed by atoms with van der Waals surface area (Å²) in [6.07, 6.45) is 6.29. The Labute approximate surface area is 134 Å². The maximum atomic E-state index is 12.0. The second-order valence-electron chi connectivity index (χ2n) is 4.44. The molecule has 8 nitrogen and oxygen atoms in total. The summed E-state index contributed by atoms with van der Waals surface area (Å²) in [5.41, 5.74) is 0. The monoisotopic (exact) mass is 400 g/mol. The van der Waals surface area contributed by atoms with Crippen molar-refractivity contribution in [3.05, 3.63) is 34.4 Å². The van der Waals surface area contributed by atoms with Crippen molar-refractivity contribution >= 4 is 34.6 Å². The molecule has 2 aromatic rings. The molecule has 0 saturated carbocycles. The maximum absolute atomic E-state index is 12.0. The fourth-order valence-corrected chi connectivity index (χ4v) is 2.38. The number of rotatable bonds is 2. The van der Waals surface area contributed by atoms with E-state index in [1.54, 1.807) is 35.8 Å². The van der Waals surface area contributed by atoms with E-state index in [0.29, 0.717) is 32.1 Å². The highest BCUT2D eigenvalue weighted by molar-refractivity contribution is 14.1. The maximum Gasteiger partial charge on any atom is 0.436 e. The molecule has 0 unspecified atom stereocenters. The van der Waals surface area contributed by atoms with Gasteiger partial charge >= 0.3 is 6.09 Å². The Kier molecular flexibility index (Phi) is 4.18. The zero-order chi connectivity index (χ0) is 14.7. The first-order valence-electron chi connectivity index (χ1n) is 6.42. The van der Waals surface area contributed by atoms with Crippen molar-refractivity contribution in [3.63, 3.8) is 0 Å². The predicted molar refractivity (Wildman–Crippen MR) is 82.7 cm³/mol. The summed E-state index contributed by atoms with van der Waals surface area (Å²) in [7, 11) is 0. The molecule has 9 heteroatoms. The van der Waals surface area contributed by atoms with Crippen LogP contribution in [-0.4, -0.2) is 57.1 Å². The van der Waals surface area contributed by atoms with Gasteiger partial charge in [0.1, 0.15) is 0 Å². The standard InChI is InChI=1S/C12H13IN6O2/c13-10-8-16-19(9-10)21-12(20)18-6-4-17(5-7-18)11-14-2-1-3-15-11/h1-3,8-9H,4-7H2. The van der Waals surface area contributed by atoms with E-state index in [1.165, 1.54) is 4.85 Å². The molecule has 21 heavy (non-hydrogen) atoms. The Morgan fingerprint density at radius 3 is 2.52 bits per heavy atom. The SMILES string of the molecule is O=C(On1cc(I)cn1)N1CCN(c2ncccn2)CC1. The van der Waals surface area contributed by atoms with Crippen LogP contribution in [0, 0.1) is 3.57 Å². The summed E-state index contributed by atoms with van der Waals surface area (Å²) in [6, 6.07) is 1.78. The van der Waals surface area contributed by atoms with Crippen molar-refractivity contribution in [1.82, 2.24) is 24.8 Å². The Hall–Kier alpha value is -1.91. The summed E-state index contributed by atoms with van der Waals surface area (Å²) >= 11 is 2.10. The van der Waals surface area contributed by atoms with Crippen LogP contribution in [0.3, 0.4) is 0 Å². The molecule has 3 rings (SSSR count). The van der Waals surface area contributed by atoms with E-state index in [9.17, 15) is 4.79 Å². The average Bonchev–Trinajstić information content (AvgIpc) is 2.93. The van der Waals surface area contributed by atoms with Crippen LogP contribution in [0.25, 0.3) is 0 Å². The third kappa shape index (κ3) is 3.40. The fourth-order valence-electron chi connectivity index (χ4n) is 2.02. The number of halogens is 1. The lowest BCUT2D eigenvalue weighted by Crippen LogP contribution is -2.51. The molecule has 0 spiro atoms. The molecule has 0 N–H and O–H groups in total. The van der Waals surface area contributed by atoms with Crippen molar-refractivity contribution < 1.29 is 9.63 Å². The number of nitrogens with zero attached hydrogens (tertiary/aromatic N) is 6. The highest BCUT2D eigenvalue weighted by Crippen LogP contribution is 2.10.